The number of nitrogens with zero attached hydrogens (tertiary/aromatic N) is 2. The Morgan fingerprint density at radius 2 is 2.05 bits per heavy atom. The fourth-order valence-corrected chi connectivity index (χ4v) is 4.16. The van der Waals surface area contributed by atoms with Crippen LogP contribution in [0.2, 0.25) is 0 Å². The molecule has 2 rings (SSSR count). The Morgan fingerprint density at radius 1 is 1.33 bits per heavy atom. The van der Waals surface area contributed by atoms with Crippen molar-refractivity contribution in [1.82, 2.24) is 4.31 Å². The molecule has 116 valence electrons. The molecule has 1 unspecified atom stereocenters. The van der Waals surface area contributed by atoms with Crippen LogP contribution in [0.5, 0.6) is 0 Å². The molecular weight excluding hydrogens is 299 g/mol. The predicted octanol–water partition coefficient (Wildman–Crippen LogP) is 2.54. The molecule has 1 aliphatic heterocycles. The first-order chi connectivity index (χ1) is 9.84. The van der Waals surface area contributed by atoms with Gasteiger partial charge in [0.1, 0.15) is 0 Å². The number of benzene rings is 1. The average molecular weight is 316 g/mol. The number of nitro benzene ring substituents is 1. The minimum atomic E-state index is -4.06. The zero-order valence-electron chi connectivity index (χ0n) is 11.7. The summed E-state index contributed by atoms with van der Waals surface area (Å²) in [4.78, 5) is 9.42. The zero-order chi connectivity index (χ0) is 15.6. The number of rotatable bonds is 3. The van der Waals surface area contributed by atoms with E-state index in [4.69, 9.17) is 0 Å². The van der Waals surface area contributed by atoms with Gasteiger partial charge in [-0.1, -0.05) is 13.0 Å². The molecule has 0 radical (unpaired) electrons. The van der Waals surface area contributed by atoms with Crippen LogP contribution in [0.3, 0.4) is 0 Å². The molecular formula is C13H17FN2O4S. The van der Waals surface area contributed by atoms with E-state index in [0.717, 1.165) is 18.6 Å². The van der Waals surface area contributed by atoms with Crippen LogP contribution in [0, 0.1) is 21.8 Å². The maximum absolute atomic E-state index is 13.6. The van der Waals surface area contributed by atoms with E-state index in [0.29, 0.717) is 31.8 Å². The molecule has 0 N–H and O–H groups in total. The molecule has 0 amide bonds. The highest BCUT2D eigenvalue weighted by Crippen LogP contribution is 2.30. The van der Waals surface area contributed by atoms with E-state index in [1.807, 2.05) is 6.92 Å². The largest absolute Gasteiger partial charge is 0.324 e. The van der Waals surface area contributed by atoms with Gasteiger partial charge in [0.25, 0.3) is 0 Å². The van der Waals surface area contributed by atoms with Gasteiger partial charge < -0.3 is 0 Å². The van der Waals surface area contributed by atoms with Gasteiger partial charge >= 0.3 is 5.69 Å². The maximum atomic E-state index is 13.6. The number of para-hydroxylation sites is 1. The fourth-order valence-electron chi connectivity index (χ4n) is 2.50. The van der Waals surface area contributed by atoms with Crippen molar-refractivity contribution >= 4 is 15.7 Å². The third-order valence-electron chi connectivity index (χ3n) is 3.73. The highest BCUT2D eigenvalue weighted by molar-refractivity contribution is 7.89. The van der Waals surface area contributed by atoms with Crippen molar-refractivity contribution in [2.45, 2.75) is 31.1 Å². The van der Waals surface area contributed by atoms with Crippen LogP contribution in [0.4, 0.5) is 10.1 Å². The van der Waals surface area contributed by atoms with Crippen molar-refractivity contribution in [3.8, 4) is 0 Å². The predicted molar refractivity (Wildman–Crippen MR) is 74.8 cm³/mol. The van der Waals surface area contributed by atoms with Gasteiger partial charge in [-0.3, -0.25) is 10.1 Å². The molecule has 1 saturated heterocycles. The summed E-state index contributed by atoms with van der Waals surface area (Å²) in [6.07, 6.45) is 2.31. The summed E-state index contributed by atoms with van der Waals surface area (Å²) in [6, 6.07) is 3.15. The Kier molecular flexibility index (Phi) is 4.58. The molecule has 1 heterocycles. The normalized spacial score (nSPS) is 21.0. The lowest BCUT2D eigenvalue weighted by Gasteiger charge is -2.20. The molecule has 0 saturated carbocycles. The van der Waals surface area contributed by atoms with Crippen molar-refractivity contribution in [2.24, 2.45) is 5.92 Å². The molecule has 0 spiro atoms. The number of hydrogen-bond acceptors (Lipinski definition) is 4. The Bertz CT molecular complexity index is 648. The quantitative estimate of drug-likeness (QED) is 0.634. The number of hydrogen-bond donors (Lipinski definition) is 0. The van der Waals surface area contributed by atoms with Crippen LogP contribution in [-0.2, 0) is 10.0 Å². The summed E-state index contributed by atoms with van der Waals surface area (Å²) >= 11 is 0. The van der Waals surface area contributed by atoms with E-state index >= 15 is 0 Å². The van der Waals surface area contributed by atoms with E-state index in [9.17, 15) is 22.9 Å². The van der Waals surface area contributed by atoms with Crippen LogP contribution in [0.15, 0.2) is 23.1 Å². The molecule has 1 aliphatic rings. The number of sulfonamides is 1. The second kappa shape index (κ2) is 6.07. The van der Waals surface area contributed by atoms with Gasteiger partial charge in [-0.15, -0.1) is 0 Å². The lowest BCUT2D eigenvalue weighted by atomic mass is 10.0. The molecule has 21 heavy (non-hydrogen) atoms. The Labute approximate surface area is 122 Å². The first-order valence-electron chi connectivity index (χ1n) is 6.77. The molecule has 0 aromatic heterocycles. The lowest BCUT2D eigenvalue weighted by molar-refractivity contribution is -0.390. The first-order valence-corrected chi connectivity index (χ1v) is 8.21. The standard InChI is InChI=1S/C13H17FN2O4S/c1-10-4-3-8-15(9-7-10)21(19,20)12-6-2-5-11(14)13(12)16(17)18/h2,5-6,10H,3-4,7-9H2,1H3. The van der Waals surface area contributed by atoms with Gasteiger partial charge in [-0.2, -0.15) is 8.70 Å². The molecule has 0 aliphatic carbocycles. The molecule has 0 bridgehead atoms. The van der Waals surface area contributed by atoms with Crippen LogP contribution in [0.1, 0.15) is 26.2 Å². The summed E-state index contributed by atoms with van der Waals surface area (Å²) in [5.41, 5.74) is -0.977. The van der Waals surface area contributed by atoms with E-state index < -0.39 is 31.3 Å². The third-order valence-corrected chi connectivity index (χ3v) is 5.66. The van der Waals surface area contributed by atoms with Crippen LogP contribution < -0.4 is 0 Å². The maximum Gasteiger partial charge on any atom is 0.324 e. The van der Waals surface area contributed by atoms with Gasteiger partial charge in [-0.05, 0) is 37.3 Å². The fraction of sp³-hybridized carbons (Fsp3) is 0.538. The Balaban J connectivity index is 2.45. The summed E-state index contributed by atoms with van der Waals surface area (Å²) in [5, 5.41) is 11.0. The van der Waals surface area contributed by atoms with Crippen LogP contribution in [0.25, 0.3) is 0 Å². The van der Waals surface area contributed by atoms with E-state index in [1.165, 1.54) is 10.4 Å². The highest BCUT2D eigenvalue weighted by Gasteiger charge is 2.34. The smallest absolute Gasteiger partial charge is 0.258 e. The van der Waals surface area contributed by atoms with Crippen molar-refractivity contribution in [3.63, 3.8) is 0 Å². The highest BCUT2D eigenvalue weighted by atomic mass is 32.2. The SMILES string of the molecule is CC1CCCN(S(=O)(=O)c2cccc(F)c2[N+](=O)[O-])CC1. The Hall–Kier alpha value is -1.54. The number of halogens is 1. The molecule has 6 nitrogen and oxygen atoms in total. The minimum absolute atomic E-state index is 0.303. The van der Waals surface area contributed by atoms with Gasteiger partial charge in [0.05, 0.1) is 4.92 Å². The van der Waals surface area contributed by atoms with Gasteiger partial charge in [0, 0.05) is 13.1 Å². The second-order valence-corrected chi connectivity index (χ2v) is 7.19. The van der Waals surface area contributed by atoms with Crippen molar-refractivity contribution in [2.75, 3.05) is 13.1 Å². The minimum Gasteiger partial charge on any atom is -0.258 e. The summed E-state index contributed by atoms with van der Waals surface area (Å²) in [6.45, 7) is 2.65. The summed E-state index contributed by atoms with van der Waals surface area (Å²) in [5.74, 6) is -0.725. The van der Waals surface area contributed by atoms with E-state index in [2.05, 4.69) is 0 Å². The molecule has 1 aromatic carbocycles. The second-order valence-electron chi connectivity index (χ2n) is 5.28. The Morgan fingerprint density at radius 3 is 2.71 bits per heavy atom. The molecule has 1 fully saturated rings. The zero-order valence-corrected chi connectivity index (χ0v) is 12.5. The van der Waals surface area contributed by atoms with Gasteiger partial charge in [0.15, 0.2) is 4.90 Å². The van der Waals surface area contributed by atoms with Gasteiger partial charge in [0.2, 0.25) is 15.8 Å². The summed E-state index contributed by atoms with van der Waals surface area (Å²) in [7, 11) is -4.06. The van der Waals surface area contributed by atoms with Crippen LogP contribution in [-0.4, -0.2) is 30.7 Å². The summed E-state index contributed by atoms with van der Waals surface area (Å²) < 4.78 is 40.0. The monoisotopic (exact) mass is 316 g/mol. The first kappa shape index (κ1) is 15.8. The van der Waals surface area contributed by atoms with Gasteiger partial charge in [-0.25, -0.2) is 8.42 Å². The average Bonchev–Trinajstić information content (AvgIpc) is 2.63. The topological polar surface area (TPSA) is 80.5 Å². The van der Waals surface area contributed by atoms with Crippen molar-refractivity contribution < 1.29 is 17.7 Å². The van der Waals surface area contributed by atoms with E-state index in [-0.39, 0.29) is 0 Å². The third kappa shape index (κ3) is 3.21. The van der Waals surface area contributed by atoms with E-state index in [1.54, 1.807) is 0 Å². The van der Waals surface area contributed by atoms with Crippen molar-refractivity contribution in [3.05, 3.63) is 34.1 Å². The van der Waals surface area contributed by atoms with Crippen molar-refractivity contribution in [1.29, 1.82) is 0 Å². The molecule has 8 heteroatoms. The van der Waals surface area contributed by atoms with Crippen LogP contribution >= 0.6 is 0 Å². The molecule has 1 atom stereocenters. The lowest BCUT2D eigenvalue weighted by Crippen LogP contribution is -2.32. The number of nitro groups is 1. The molecule has 1 aromatic rings.